The fourth-order valence-electron chi connectivity index (χ4n) is 3.70. The van der Waals surface area contributed by atoms with E-state index in [0.29, 0.717) is 24.3 Å². The van der Waals surface area contributed by atoms with Crippen molar-refractivity contribution in [2.45, 2.75) is 39.3 Å². The van der Waals surface area contributed by atoms with Crippen molar-refractivity contribution in [2.75, 3.05) is 23.3 Å². The number of alkyl halides is 3. The van der Waals surface area contributed by atoms with Crippen molar-refractivity contribution in [1.29, 1.82) is 0 Å². The third-order valence-electron chi connectivity index (χ3n) is 5.35. The third kappa shape index (κ3) is 4.31. The monoisotopic (exact) mass is 407 g/mol. The first-order chi connectivity index (χ1) is 13.6. The molecule has 29 heavy (non-hydrogen) atoms. The standard InChI is InChI=1S/C21H24F3N3O2/c1-13-11-14(2)26(3)20(29)18(13)19(28)25-15-7-8-17(16(12-15)21(22,23)24)27-9-5-4-6-10-27/h7-8,11-12H,4-6,9-10H2,1-3H3,(H,25,28). The predicted octanol–water partition coefficient (Wildman–Crippen LogP) is 4.26. The van der Waals surface area contributed by atoms with E-state index in [2.05, 4.69) is 5.32 Å². The fourth-order valence-corrected chi connectivity index (χ4v) is 3.70. The van der Waals surface area contributed by atoms with Crippen LogP contribution in [0, 0.1) is 13.8 Å². The normalized spacial score (nSPS) is 14.8. The van der Waals surface area contributed by atoms with Crippen molar-refractivity contribution in [3.8, 4) is 0 Å². The van der Waals surface area contributed by atoms with E-state index in [4.69, 9.17) is 0 Å². The number of carbonyl (C=O) groups is 1. The number of benzene rings is 1. The van der Waals surface area contributed by atoms with E-state index < -0.39 is 23.2 Å². The Labute approximate surface area is 167 Å². The van der Waals surface area contributed by atoms with Gasteiger partial charge in [0.2, 0.25) is 0 Å². The van der Waals surface area contributed by atoms with Gasteiger partial charge >= 0.3 is 6.18 Å². The Kier molecular flexibility index (Phi) is 5.73. The summed E-state index contributed by atoms with van der Waals surface area (Å²) >= 11 is 0. The molecule has 0 spiro atoms. The minimum absolute atomic E-state index is 0.00473. The quantitative estimate of drug-likeness (QED) is 0.827. The van der Waals surface area contributed by atoms with Crippen molar-refractivity contribution < 1.29 is 18.0 Å². The molecule has 3 rings (SSSR count). The van der Waals surface area contributed by atoms with E-state index >= 15 is 0 Å². The molecule has 0 radical (unpaired) electrons. The molecule has 1 aliphatic rings. The summed E-state index contributed by atoms with van der Waals surface area (Å²) in [5.41, 5.74) is -0.0559. The number of aromatic nitrogens is 1. The molecule has 1 aliphatic heterocycles. The fraction of sp³-hybridized carbons (Fsp3) is 0.429. The molecule has 1 saturated heterocycles. The Balaban J connectivity index is 1.95. The lowest BCUT2D eigenvalue weighted by molar-refractivity contribution is -0.137. The number of nitrogens with one attached hydrogen (secondary N) is 1. The number of aryl methyl sites for hydroxylation is 2. The first kappa shape index (κ1) is 21.0. The molecule has 0 atom stereocenters. The first-order valence-corrected chi connectivity index (χ1v) is 9.54. The SMILES string of the molecule is Cc1cc(C)n(C)c(=O)c1C(=O)Nc1ccc(N2CCCCC2)c(C(F)(F)F)c1. The summed E-state index contributed by atoms with van der Waals surface area (Å²) in [4.78, 5) is 26.8. The molecule has 1 aromatic heterocycles. The number of carbonyl (C=O) groups excluding carboxylic acids is 1. The number of pyridine rings is 1. The topological polar surface area (TPSA) is 54.3 Å². The summed E-state index contributed by atoms with van der Waals surface area (Å²) in [7, 11) is 1.54. The van der Waals surface area contributed by atoms with Crippen LogP contribution in [-0.4, -0.2) is 23.6 Å². The molecule has 0 aliphatic carbocycles. The molecule has 1 N–H and O–H groups in total. The molecular weight excluding hydrogens is 383 g/mol. The highest BCUT2D eigenvalue weighted by molar-refractivity contribution is 6.05. The van der Waals surface area contributed by atoms with Gasteiger partial charge in [-0.25, -0.2) is 0 Å². The molecule has 5 nitrogen and oxygen atoms in total. The minimum atomic E-state index is -4.55. The highest BCUT2D eigenvalue weighted by Crippen LogP contribution is 2.39. The van der Waals surface area contributed by atoms with Crippen LogP contribution < -0.4 is 15.8 Å². The number of hydrogen-bond acceptors (Lipinski definition) is 3. The van der Waals surface area contributed by atoms with Gasteiger partial charge in [0.05, 0.1) is 5.56 Å². The van der Waals surface area contributed by atoms with E-state index in [0.717, 1.165) is 25.3 Å². The van der Waals surface area contributed by atoms with E-state index in [1.165, 1.54) is 16.7 Å². The van der Waals surface area contributed by atoms with Crippen molar-refractivity contribution in [1.82, 2.24) is 4.57 Å². The third-order valence-corrected chi connectivity index (χ3v) is 5.35. The maximum atomic E-state index is 13.7. The van der Waals surface area contributed by atoms with Crippen LogP contribution in [0.4, 0.5) is 24.5 Å². The Morgan fingerprint density at radius 1 is 1.07 bits per heavy atom. The van der Waals surface area contributed by atoms with Crippen molar-refractivity contribution in [2.24, 2.45) is 7.05 Å². The van der Waals surface area contributed by atoms with Gasteiger partial charge in [-0.15, -0.1) is 0 Å². The summed E-state index contributed by atoms with van der Waals surface area (Å²) < 4.78 is 42.4. The van der Waals surface area contributed by atoms with E-state index in [1.807, 2.05) is 0 Å². The molecule has 1 amide bonds. The molecule has 2 heterocycles. The molecule has 1 fully saturated rings. The number of nitrogens with zero attached hydrogens (tertiary/aromatic N) is 2. The van der Waals surface area contributed by atoms with Crippen LogP contribution in [0.5, 0.6) is 0 Å². The van der Waals surface area contributed by atoms with Crippen LogP contribution in [0.2, 0.25) is 0 Å². The number of anilines is 2. The summed E-state index contributed by atoms with van der Waals surface area (Å²) in [5.74, 6) is -0.720. The lowest BCUT2D eigenvalue weighted by Gasteiger charge is -2.31. The zero-order valence-corrected chi connectivity index (χ0v) is 16.7. The van der Waals surface area contributed by atoms with Gasteiger partial charge in [0.25, 0.3) is 11.5 Å². The van der Waals surface area contributed by atoms with Gasteiger partial charge in [-0.1, -0.05) is 0 Å². The molecule has 2 aromatic rings. The zero-order chi connectivity index (χ0) is 21.3. The Hall–Kier alpha value is -2.77. The van der Waals surface area contributed by atoms with Gasteiger partial charge < -0.3 is 14.8 Å². The maximum Gasteiger partial charge on any atom is 0.418 e. The van der Waals surface area contributed by atoms with Gasteiger partial charge in [0.15, 0.2) is 0 Å². The largest absolute Gasteiger partial charge is 0.418 e. The second-order valence-electron chi connectivity index (χ2n) is 7.44. The maximum absolute atomic E-state index is 13.7. The summed E-state index contributed by atoms with van der Waals surface area (Å²) in [5, 5.41) is 2.46. The summed E-state index contributed by atoms with van der Waals surface area (Å²) in [6.07, 6.45) is -1.84. The molecule has 0 saturated carbocycles. The van der Waals surface area contributed by atoms with Crippen molar-refractivity contribution in [3.05, 3.63) is 57.0 Å². The second kappa shape index (κ2) is 7.93. The van der Waals surface area contributed by atoms with Crippen LogP contribution in [0.3, 0.4) is 0 Å². The van der Waals surface area contributed by atoms with Crippen LogP contribution in [0.25, 0.3) is 0 Å². The minimum Gasteiger partial charge on any atom is -0.371 e. The zero-order valence-electron chi connectivity index (χ0n) is 16.7. The number of halogens is 3. The highest BCUT2D eigenvalue weighted by atomic mass is 19.4. The molecule has 8 heteroatoms. The van der Waals surface area contributed by atoms with Crippen molar-refractivity contribution >= 4 is 17.3 Å². The van der Waals surface area contributed by atoms with Gasteiger partial charge in [-0.2, -0.15) is 13.2 Å². The average molecular weight is 407 g/mol. The van der Waals surface area contributed by atoms with Crippen molar-refractivity contribution in [3.63, 3.8) is 0 Å². The molecule has 0 unspecified atom stereocenters. The highest BCUT2D eigenvalue weighted by Gasteiger charge is 2.35. The molecule has 156 valence electrons. The molecule has 0 bridgehead atoms. The number of amides is 1. The Morgan fingerprint density at radius 2 is 1.72 bits per heavy atom. The lowest BCUT2D eigenvalue weighted by Crippen LogP contribution is -2.32. The number of rotatable bonds is 3. The van der Waals surface area contributed by atoms with E-state index in [-0.39, 0.29) is 16.9 Å². The van der Waals surface area contributed by atoms with Crippen LogP contribution in [-0.2, 0) is 13.2 Å². The van der Waals surface area contributed by atoms with Crippen LogP contribution in [0.15, 0.2) is 29.1 Å². The van der Waals surface area contributed by atoms with E-state index in [9.17, 15) is 22.8 Å². The van der Waals surface area contributed by atoms with Crippen LogP contribution in [0.1, 0.15) is 46.4 Å². The number of hydrogen-bond donors (Lipinski definition) is 1. The first-order valence-electron chi connectivity index (χ1n) is 9.54. The van der Waals surface area contributed by atoms with Gasteiger partial charge in [-0.05, 0) is 62.9 Å². The van der Waals surface area contributed by atoms with Crippen LogP contribution >= 0.6 is 0 Å². The molecular formula is C21H24F3N3O2. The van der Waals surface area contributed by atoms with Gasteiger partial charge in [0, 0.05) is 37.2 Å². The average Bonchev–Trinajstić information content (AvgIpc) is 2.66. The molecule has 1 aromatic carbocycles. The summed E-state index contributed by atoms with van der Waals surface area (Å²) in [6, 6.07) is 5.47. The Morgan fingerprint density at radius 3 is 2.34 bits per heavy atom. The van der Waals surface area contributed by atoms with Gasteiger partial charge in [0.1, 0.15) is 5.56 Å². The van der Waals surface area contributed by atoms with E-state index in [1.54, 1.807) is 31.9 Å². The summed E-state index contributed by atoms with van der Waals surface area (Å²) in [6.45, 7) is 4.52. The second-order valence-corrected chi connectivity index (χ2v) is 7.44. The predicted molar refractivity (Wildman–Crippen MR) is 107 cm³/mol. The van der Waals surface area contributed by atoms with Gasteiger partial charge in [-0.3, -0.25) is 9.59 Å². The lowest BCUT2D eigenvalue weighted by atomic mass is 10.1. The number of piperidine rings is 1. The Bertz CT molecular complexity index is 990. The smallest absolute Gasteiger partial charge is 0.371 e.